The van der Waals surface area contributed by atoms with E-state index in [9.17, 15) is 18.0 Å². The average Bonchev–Trinajstić information content (AvgIpc) is 3.36. The summed E-state index contributed by atoms with van der Waals surface area (Å²) in [5.74, 6) is -0.681. The van der Waals surface area contributed by atoms with Gasteiger partial charge in [0.05, 0.1) is 24.2 Å². The summed E-state index contributed by atoms with van der Waals surface area (Å²) in [4.78, 5) is 24.6. The Morgan fingerprint density at radius 2 is 1.80 bits per heavy atom. The van der Waals surface area contributed by atoms with Crippen LogP contribution in [0, 0.1) is 6.92 Å². The predicted molar refractivity (Wildman–Crippen MR) is 153 cm³/mol. The molecule has 4 aromatic rings. The van der Waals surface area contributed by atoms with E-state index in [-0.39, 0.29) is 33.9 Å². The molecule has 11 nitrogen and oxygen atoms in total. The number of hydrazone groups is 1. The van der Waals surface area contributed by atoms with Crippen molar-refractivity contribution in [3.63, 3.8) is 0 Å². The number of methoxy groups -OCH3 is 1. The van der Waals surface area contributed by atoms with Gasteiger partial charge in [0.25, 0.3) is 5.91 Å². The van der Waals surface area contributed by atoms with Crippen LogP contribution in [0.5, 0.6) is 11.5 Å². The van der Waals surface area contributed by atoms with E-state index in [0.717, 1.165) is 16.9 Å². The first-order valence-corrected chi connectivity index (χ1v) is 14.6. The van der Waals surface area contributed by atoms with Crippen molar-refractivity contribution in [1.29, 1.82) is 0 Å². The molecule has 14 heteroatoms. The molecule has 0 unspecified atom stereocenters. The van der Waals surface area contributed by atoms with Gasteiger partial charge < -0.3 is 8.92 Å². The first-order chi connectivity index (χ1) is 19.1. The van der Waals surface area contributed by atoms with E-state index in [1.54, 1.807) is 48.5 Å². The zero-order valence-electron chi connectivity index (χ0n) is 21.1. The number of hydrogen-bond acceptors (Lipinski definition) is 10. The highest BCUT2D eigenvalue weighted by atomic mass is 79.9. The lowest BCUT2D eigenvalue weighted by molar-refractivity contribution is -0.120. The minimum absolute atomic E-state index is 0.00142. The molecule has 40 heavy (non-hydrogen) atoms. The van der Waals surface area contributed by atoms with Gasteiger partial charge in [-0.05, 0) is 64.8 Å². The van der Waals surface area contributed by atoms with Gasteiger partial charge in [-0.2, -0.15) is 13.5 Å². The maximum absolute atomic E-state index is 12.7. The van der Waals surface area contributed by atoms with E-state index in [4.69, 9.17) is 8.92 Å². The third-order valence-corrected chi connectivity index (χ3v) is 7.86. The van der Waals surface area contributed by atoms with Gasteiger partial charge in [-0.15, -0.1) is 10.2 Å². The highest BCUT2D eigenvalue weighted by Gasteiger charge is 2.22. The number of carbonyl (C=O) groups excluding carboxylic acids is 2. The Labute approximate surface area is 242 Å². The summed E-state index contributed by atoms with van der Waals surface area (Å²) < 4.78 is 36.4. The van der Waals surface area contributed by atoms with Gasteiger partial charge in [0.2, 0.25) is 11.0 Å². The Morgan fingerprint density at radius 3 is 2.50 bits per heavy atom. The summed E-state index contributed by atoms with van der Waals surface area (Å²) in [5, 5.41) is 15.0. The van der Waals surface area contributed by atoms with E-state index in [1.165, 1.54) is 31.5 Å². The number of nitrogens with one attached hydrogen (secondary N) is 2. The molecule has 0 fully saturated rings. The number of amides is 2. The second-order valence-electron chi connectivity index (χ2n) is 8.18. The van der Waals surface area contributed by atoms with Crippen molar-refractivity contribution in [1.82, 2.24) is 15.6 Å². The van der Waals surface area contributed by atoms with Crippen molar-refractivity contribution in [3.05, 3.63) is 92.9 Å². The molecule has 2 N–H and O–H groups in total. The van der Waals surface area contributed by atoms with Gasteiger partial charge in [-0.3, -0.25) is 14.9 Å². The van der Waals surface area contributed by atoms with Crippen molar-refractivity contribution in [3.8, 4) is 11.5 Å². The van der Waals surface area contributed by atoms with Crippen LogP contribution in [-0.2, 0) is 21.3 Å². The highest BCUT2D eigenvalue weighted by Crippen LogP contribution is 2.38. The molecule has 2 amide bonds. The van der Waals surface area contributed by atoms with E-state index in [1.807, 2.05) is 6.92 Å². The van der Waals surface area contributed by atoms with E-state index >= 15 is 0 Å². The largest absolute Gasteiger partial charge is 0.493 e. The molecule has 0 aliphatic rings. The van der Waals surface area contributed by atoms with Crippen LogP contribution in [0.15, 0.2) is 81.2 Å². The van der Waals surface area contributed by atoms with Crippen LogP contribution in [0.25, 0.3) is 0 Å². The summed E-state index contributed by atoms with van der Waals surface area (Å²) in [6.45, 7) is 1.85. The SMILES string of the molecule is COc1cc(/C=N\NC(=O)Cc2nnc(NC(=O)c3ccccc3)s2)cc(Br)c1OS(=O)(=O)c1ccc(C)cc1. The molecule has 0 radical (unpaired) electrons. The lowest BCUT2D eigenvalue weighted by atomic mass is 10.2. The lowest BCUT2D eigenvalue weighted by Gasteiger charge is -2.13. The highest BCUT2D eigenvalue weighted by molar-refractivity contribution is 9.10. The maximum Gasteiger partial charge on any atom is 0.339 e. The van der Waals surface area contributed by atoms with Crippen LogP contribution < -0.4 is 19.7 Å². The number of carbonyl (C=O) groups is 2. The van der Waals surface area contributed by atoms with Gasteiger partial charge in [-0.25, -0.2) is 5.43 Å². The Kier molecular flexibility index (Phi) is 9.24. The van der Waals surface area contributed by atoms with Gasteiger partial charge in [-0.1, -0.05) is 47.2 Å². The number of nitrogens with zero attached hydrogens (tertiary/aromatic N) is 3. The number of aryl methyl sites for hydroxylation is 1. The number of ether oxygens (including phenoxy) is 1. The third-order valence-electron chi connectivity index (χ3n) is 5.19. The number of halogens is 1. The summed E-state index contributed by atoms with van der Waals surface area (Å²) in [5.41, 5.74) is 4.27. The minimum Gasteiger partial charge on any atom is -0.493 e. The molecule has 3 aromatic carbocycles. The fourth-order valence-corrected chi connectivity index (χ4v) is 5.59. The summed E-state index contributed by atoms with van der Waals surface area (Å²) >= 11 is 4.39. The fourth-order valence-electron chi connectivity index (χ4n) is 3.25. The van der Waals surface area contributed by atoms with Crippen LogP contribution in [0.1, 0.15) is 26.5 Å². The van der Waals surface area contributed by atoms with Crippen molar-refractivity contribution in [2.45, 2.75) is 18.2 Å². The Hall–Kier alpha value is -4.14. The zero-order chi connectivity index (χ0) is 28.7. The predicted octanol–water partition coefficient (Wildman–Crippen LogP) is 4.33. The Bertz CT molecular complexity index is 1660. The topological polar surface area (TPSA) is 149 Å². The summed E-state index contributed by atoms with van der Waals surface area (Å²) in [7, 11) is -2.74. The summed E-state index contributed by atoms with van der Waals surface area (Å²) in [6, 6.07) is 18.0. The standard InChI is InChI=1S/C26H22BrN5O6S2/c1-16-8-10-19(11-9-16)40(35,36)38-24-20(27)12-17(13-21(24)37-2)15-28-30-22(33)14-23-31-32-26(39-23)29-25(34)18-6-4-3-5-7-18/h3-13,15H,14H2,1-2H3,(H,30,33)(H,29,32,34)/b28-15-. The number of benzene rings is 3. The number of rotatable bonds is 10. The molecule has 0 saturated carbocycles. The minimum atomic E-state index is -4.11. The molecule has 0 aliphatic carbocycles. The third kappa shape index (κ3) is 7.49. The lowest BCUT2D eigenvalue weighted by Crippen LogP contribution is -2.19. The van der Waals surface area contributed by atoms with Gasteiger partial charge in [0.1, 0.15) is 9.90 Å². The maximum atomic E-state index is 12.7. The quantitative estimate of drug-likeness (QED) is 0.147. The van der Waals surface area contributed by atoms with E-state index in [0.29, 0.717) is 20.6 Å². The van der Waals surface area contributed by atoms with Crippen molar-refractivity contribution in [2.24, 2.45) is 5.10 Å². The molecule has 4 rings (SSSR count). The summed E-state index contributed by atoms with van der Waals surface area (Å²) in [6.07, 6.45) is 1.25. The molecule has 0 aliphatic heterocycles. The van der Waals surface area contributed by atoms with Gasteiger partial charge >= 0.3 is 10.1 Å². The van der Waals surface area contributed by atoms with Crippen LogP contribution in [-0.4, -0.2) is 43.8 Å². The number of anilines is 1. The van der Waals surface area contributed by atoms with Crippen LogP contribution in [0.4, 0.5) is 5.13 Å². The molecular formula is C26H22BrN5O6S2. The van der Waals surface area contributed by atoms with Crippen molar-refractivity contribution >= 4 is 60.5 Å². The van der Waals surface area contributed by atoms with Crippen LogP contribution >= 0.6 is 27.3 Å². The normalized spacial score (nSPS) is 11.3. The zero-order valence-corrected chi connectivity index (χ0v) is 24.3. The monoisotopic (exact) mass is 643 g/mol. The number of aromatic nitrogens is 2. The molecular weight excluding hydrogens is 622 g/mol. The average molecular weight is 645 g/mol. The van der Waals surface area contributed by atoms with Crippen LogP contribution in [0.3, 0.4) is 0 Å². The molecule has 1 aromatic heterocycles. The molecule has 0 saturated heterocycles. The van der Waals surface area contributed by atoms with Gasteiger partial charge in [0.15, 0.2) is 11.5 Å². The van der Waals surface area contributed by atoms with Crippen LogP contribution in [0.2, 0.25) is 0 Å². The molecule has 0 bridgehead atoms. The fraction of sp³-hybridized carbons (Fsp3) is 0.115. The molecule has 0 atom stereocenters. The Balaban J connectivity index is 1.36. The first kappa shape index (κ1) is 28.9. The second-order valence-corrected chi connectivity index (χ2v) is 11.6. The Morgan fingerprint density at radius 1 is 1.07 bits per heavy atom. The van der Waals surface area contributed by atoms with Gasteiger partial charge in [0, 0.05) is 5.56 Å². The molecule has 206 valence electrons. The van der Waals surface area contributed by atoms with Crippen molar-refractivity contribution < 1.29 is 26.9 Å². The second kappa shape index (κ2) is 12.8. The first-order valence-electron chi connectivity index (χ1n) is 11.5. The van der Waals surface area contributed by atoms with E-state index in [2.05, 4.69) is 42.0 Å². The molecule has 1 heterocycles. The van der Waals surface area contributed by atoms with E-state index < -0.39 is 16.0 Å². The number of hydrogen-bond donors (Lipinski definition) is 2. The van der Waals surface area contributed by atoms with Crippen molar-refractivity contribution in [2.75, 3.05) is 12.4 Å². The molecule has 0 spiro atoms. The smallest absolute Gasteiger partial charge is 0.339 e.